The molecule has 0 bridgehead atoms. The van der Waals surface area contributed by atoms with Gasteiger partial charge in [-0.3, -0.25) is 4.90 Å². The maximum atomic E-state index is 14.2. The molecule has 2 aliphatic heterocycles. The zero-order valence-corrected chi connectivity index (χ0v) is 15.2. The summed E-state index contributed by atoms with van der Waals surface area (Å²) in [6.45, 7) is 7.11. The molecular formula is C20H25FN4O. The number of benzene rings is 1. The average Bonchev–Trinajstić information content (AvgIpc) is 3.23. The molecule has 5 nitrogen and oxygen atoms in total. The standard InChI is InChI=1S/C20H25FN4O/c1-15(24-8-2-3-9-24)16-4-6-17(7-5-16)19-22-14-18(21)20(23-19)25-10-12-26-13-11-25/h4-7,14-15H,2-3,8-13H2,1H3. The molecule has 0 radical (unpaired) electrons. The molecule has 0 N–H and O–H groups in total. The van der Waals surface area contributed by atoms with Crippen molar-refractivity contribution < 1.29 is 9.13 Å². The van der Waals surface area contributed by atoms with Gasteiger partial charge in [-0.05, 0) is 38.4 Å². The third-order valence-corrected chi connectivity index (χ3v) is 5.38. The second kappa shape index (κ2) is 7.68. The number of halogens is 1. The lowest BCUT2D eigenvalue weighted by Gasteiger charge is -2.28. The normalized spacial score (nSPS) is 19.7. The summed E-state index contributed by atoms with van der Waals surface area (Å²) in [6, 6.07) is 8.78. The number of ether oxygens (including phenoxy) is 1. The van der Waals surface area contributed by atoms with Crippen LogP contribution in [0.4, 0.5) is 10.2 Å². The minimum absolute atomic E-state index is 0.368. The molecule has 1 unspecified atom stereocenters. The number of likely N-dealkylation sites (tertiary alicyclic amines) is 1. The van der Waals surface area contributed by atoms with Crippen LogP contribution >= 0.6 is 0 Å². The van der Waals surface area contributed by atoms with Crippen LogP contribution in [0.15, 0.2) is 30.5 Å². The molecule has 4 rings (SSSR count). The summed E-state index contributed by atoms with van der Waals surface area (Å²) in [5.41, 5.74) is 2.21. The number of rotatable bonds is 4. The Bertz CT molecular complexity index is 740. The fourth-order valence-electron chi connectivity index (χ4n) is 3.74. The topological polar surface area (TPSA) is 41.5 Å². The molecule has 138 valence electrons. The van der Waals surface area contributed by atoms with Crippen LogP contribution in [-0.2, 0) is 4.74 Å². The minimum atomic E-state index is -0.380. The van der Waals surface area contributed by atoms with Crippen molar-refractivity contribution in [3.63, 3.8) is 0 Å². The van der Waals surface area contributed by atoms with Gasteiger partial charge in [0.25, 0.3) is 0 Å². The van der Waals surface area contributed by atoms with E-state index >= 15 is 0 Å². The van der Waals surface area contributed by atoms with E-state index in [-0.39, 0.29) is 5.82 Å². The van der Waals surface area contributed by atoms with Gasteiger partial charge in [0, 0.05) is 24.7 Å². The molecular weight excluding hydrogens is 331 g/mol. The summed E-state index contributed by atoms with van der Waals surface area (Å²) in [7, 11) is 0. The number of hydrogen-bond donors (Lipinski definition) is 0. The maximum absolute atomic E-state index is 14.2. The fraction of sp³-hybridized carbons (Fsp3) is 0.500. The van der Waals surface area contributed by atoms with Gasteiger partial charge in [0.05, 0.1) is 19.4 Å². The number of hydrogen-bond acceptors (Lipinski definition) is 5. The molecule has 2 aliphatic rings. The van der Waals surface area contributed by atoms with Crippen molar-refractivity contribution in [1.29, 1.82) is 0 Å². The second-order valence-corrected chi connectivity index (χ2v) is 7.01. The molecule has 6 heteroatoms. The molecule has 1 aromatic heterocycles. The van der Waals surface area contributed by atoms with Gasteiger partial charge in [-0.1, -0.05) is 24.3 Å². The summed E-state index contributed by atoms with van der Waals surface area (Å²) in [5.74, 6) is 0.552. The molecule has 1 aromatic carbocycles. The van der Waals surface area contributed by atoms with Crippen molar-refractivity contribution in [2.75, 3.05) is 44.3 Å². The molecule has 2 fully saturated rings. The molecule has 2 aromatic rings. The highest BCUT2D eigenvalue weighted by atomic mass is 19.1. The molecule has 26 heavy (non-hydrogen) atoms. The Balaban J connectivity index is 1.55. The van der Waals surface area contributed by atoms with E-state index in [9.17, 15) is 4.39 Å². The highest BCUT2D eigenvalue weighted by Gasteiger charge is 2.20. The quantitative estimate of drug-likeness (QED) is 0.841. The summed E-state index contributed by atoms with van der Waals surface area (Å²) in [6.07, 6.45) is 3.85. The average molecular weight is 356 g/mol. The SMILES string of the molecule is CC(c1ccc(-c2ncc(F)c(N3CCOCC3)n2)cc1)N1CCCC1. The van der Waals surface area contributed by atoms with Gasteiger partial charge in [0.2, 0.25) is 0 Å². The third kappa shape index (κ3) is 3.57. The van der Waals surface area contributed by atoms with Crippen LogP contribution in [0, 0.1) is 5.82 Å². The van der Waals surface area contributed by atoms with Gasteiger partial charge in [-0.25, -0.2) is 14.4 Å². The van der Waals surface area contributed by atoms with Gasteiger partial charge in [0.15, 0.2) is 17.5 Å². The minimum Gasteiger partial charge on any atom is -0.378 e. The van der Waals surface area contributed by atoms with Gasteiger partial charge in [-0.15, -0.1) is 0 Å². The van der Waals surface area contributed by atoms with Crippen LogP contribution < -0.4 is 4.90 Å². The van der Waals surface area contributed by atoms with Gasteiger partial charge in [-0.2, -0.15) is 0 Å². The van der Waals surface area contributed by atoms with Gasteiger partial charge >= 0.3 is 0 Å². The smallest absolute Gasteiger partial charge is 0.183 e. The monoisotopic (exact) mass is 356 g/mol. The molecule has 1 atom stereocenters. The first-order valence-corrected chi connectivity index (χ1v) is 9.42. The van der Waals surface area contributed by atoms with Crippen molar-refractivity contribution in [3.8, 4) is 11.4 Å². The predicted molar refractivity (Wildman–Crippen MR) is 99.7 cm³/mol. The molecule has 0 spiro atoms. The van der Waals surface area contributed by atoms with E-state index in [2.05, 4.69) is 33.9 Å². The highest BCUT2D eigenvalue weighted by molar-refractivity contribution is 5.58. The van der Waals surface area contributed by atoms with Crippen molar-refractivity contribution in [3.05, 3.63) is 41.8 Å². The largest absolute Gasteiger partial charge is 0.378 e. The van der Waals surface area contributed by atoms with E-state index in [1.165, 1.54) is 37.7 Å². The Morgan fingerprint density at radius 3 is 2.42 bits per heavy atom. The Morgan fingerprint density at radius 1 is 1.04 bits per heavy atom. The van der Waals surface area contributed by atoms with Crippen LogP contribution in [0.5, 0.6) is 0 Å². The number of anilines is 1. The lowest BCUT2D eigenvalue weighted by Crippen LogP contribution is -2.37. The van der Waals surface area contributed by atoms with E-state index in [1.54, 1.807) is 0 Å². The summed E-state index contributed by atoms with van der Waals surface area (Å²) in [4.78, 5) is 13.1. The summed E-state index contributed by atoms with van der Waals surface area (Å²) in [5, 5.41) is 0. The Hall–Kier alpha value is -2.05. The van der Waals surface area contributed by atoms with Gasteiger partial charge < -0.3 is 9.64 Å². The van der Waals surface area contributed by atoms with Crippen LogP contribution in [-0.4, -0.2) is 54.3 Å². The molecule has 2 saturated heterocycles. The van der Waals surface area contributed by atoms with Crippen molar-refractivity contribution in [1.82, 2.24) is 14.9 Å². The van der Waals surface area contributed by atoms with Crippen molar-refractivity contribution in [2.24, 2.45) is 0 Å². The molecule has 0 amide bonds. The fourth-order valence-corrected chi connectivity index (χ4v) is 3.74. The zero-order chi connectivity index (χ0) is 17.9. The zero-order valence-electron chi connectivity index (χ0n) is 15.2. The lowest BCUT2D eigenvalue weighted by atomic mass is 10.0. The van der Waals surface area contributed by atoms with Gasteiger partial charge in [0.1, 0.15) is 0 Å². The van der Waals surface area contributed by atoms with E-state index in [0.29, 0.717) is 44.0 Å². The Labute approximate surface area is 153 Å². The van der Waals surface area contributed by atoms with Crippen molar-refractivity contribution in [2.45, 2.75) is 25.8 Å². The van der Waals surface area contributed by atoms with E-state index in [4.69, 9.17) is 4.74 Å². The first-order chi connectivity index (χ1) is 12.7. The van der Waals surface area contributed by atoms with Crippen LogP contribution in [0.25, 0.3) is 11.4 Å². The van der Waals surface area contributed by atoms with E-state index in [1.807, 2.05) is 17.0 Å². The first kappa shape index (κ1) is 17.4. The highest BCUT2D eigenvalue weighted by Crippen LogP contribution is 2.27. The van der Waals surface area contributed by atoms with E-state index < -0.39 is 0 Å². The van der Waals surface area contributed by atoms with Crippen LogP contribution in [0.3, 0.4) is 0 Å². The maximum Gasteiger partial charge on any atom is 0.183 e. The first-order valence-electron chi connectivity index (χ1n) is 9.42. The van der Waals surface area contributed by atoms with Crippen LogP contribution in [0.2, 0.25) is 0 Å². The second-order valence-electron chi connectivity index (χ2n) is 7.01. The number of aromatic nitrogens is 2. The summed E-state index contributed by atoms with van der Waals surface area (Å²) >= 11 is 0. The molecule has 3 heterocycles. The molecule has 0 aliphatic carbocycles. The van der Waals surface area contributed by atoms with Crippen LogP contribution in [0.1, 0.15) is 31.4 Å². The predicted octanol–water partition coefficient (Wildman–Crippen LogP) is 3.28. The number of nitrogens with zero attached hydrogens (tertiary/aromatic N) is 4. The summed E-state index contributed by atoms with van der Waals surface area (Å²) < 4.78 is 19.5. The lowest BCUT2D eigenvalue weighted by molar-refractivity contribution is 0.122. The molecule has 0 saturated carbocycles. The van der Waals surface area contributed by atoms with Crippen molar-refractivity contribution >= 4 is 5.82 Å². The third-order valence-electron chi connectivity index (χ3n) is 5.38. The van der Waals surface area contributed by atoms with E-state index in [0.717, 1.165) is 5.56 Å². The Kier molecular flexibility index (Phi) is 5.13. The number of morpholine rings is 1. The Morgan fingerprint density at radius 2 is 1.73 bits per heavy atom.